The van der Waals surface area contributed by atoms with E-state index in [0.29, 0.717) is 43.5 Å². The van der Waals surface area contributed by atoms with Crippen LogP contribution in [0.15, 0.2) is 72.8 Å². The van der Waals surface area contributed by atoms with Crippen LogP contribution < -0.4 is 9.47 Å². The van der Waals surface area contributed by atoms with Gasteiger partial charge < -0.3 is 23.7 Å². The Balaban J connectivity index is 1.57. The lowest BCUT2D eigenvalue weighted by molar-refractivity contribution is 0.0122. The molecule has 1 heterocycles. The Morgan fingerprint density at radius 2 is 1.85 bits per heavy atom. The molecule has 172 valence electrons. The second-order valence-electron chi connectivity index (χ2n) is 7.71. The number of benzene rings is 3. The van der Waals surface area contributed by atoms with Gasteiger partial charge in [-0.2, -0.15) is 0 Å². The summed E-state index contributed by atoms with van der Waals surface area (Å²) in [6.45, 7) is 3.86. The molecule has 0 saturated carbocycles. The van der Waals surface area contributed by atoms with Crippen molar-refractivity contribution in [2.45, 2.75) is 25.7 Å². The topological polar surface area (TPSA) is 63.2 Å². The first-order chi connectivity index (χ1) is 16.2. The van der Waals surface area contributed by atoms with Gasteiger partial charge in [-0.1, -0.05) is 48.5 Å². The molecule has 0 N–H and O–H groups in total. The Hall–Kier alpha value is -3.35. The van der Waals surface area contributed by atoms with E-state index in [1.54, 1.807) is 12.1 Å². The molecule has 3 aromatic carbocycles. The molecule has 0 aromatic heterocycles. The van der Waals surface area contributed by atoms with Gasteiger partial charge >= 0.3 is 5.97 Å². The van der Waals surface area contributed by atoms with E-state index in [1.807, 2.05) is 67.6 Å². The average molecular weight is 449 g/mol. The first-order valence-corrected chi connectivity index (χ1v) is 11.0. The van der Waals surface area contributed by atoms with Gasteiger partial charge in [-0.3, -0.25) is 0 Å². The van der Waals surface area contributed by atoms with Gasteiger partial charge in [0.1, 0.15) is 12.7 Å². The van der Waals surface area contributed by atoms with Crippen LogP contribution in [0.3, 0.4) is 0 Å². The number of ether oxygens (including phenoxy) is 5. The fourth-order valence-corrected chi connectivity index (χ4v) is 3.73. The Labute approximate surface area is 194 Å². The normalized spacial score (nSPS) is 15.6. The minimum absolute atomic E-state index is 0.148. The molecule has 0 aliphatic carbocycles. The zero-order valence-corrected chi connectivity index (χ0v) is 18.9. The van der Waals surface area contributed by atoms with Crippen LogP contribution in [0.5, 0.6) is 11.5 Å². The first kappa shape index (κ1) is 22.8. The predicted octanol–water partition coefficient (Wildman–Crippen LogP) is 4.96. The lowest BCUT2D eigenvalue weighted by Gasteiger charge is -2.28. The summed E-state index contributed by atoms with van der Waals surface area (Å²) in [5, 5.41) is 0. The van der Waals surface area contributed by atoms with Crippen LogP contribution in [0, 0.1) is 0 Å². The zero-order chi connectivity index (χ0) is 23.0. The van der Waals surface area contributed by atoms with Gasteiger partial charge in [0.15, 0.2) is 17.6 Å². The molecule has 2 unspecified atom stereocenters. The maximum Gasteiger partial charge on any atom is 0.337 e. The third-order valence-corrected chi connectivity index (χ3v) is 5.36. The highest BCUT2D eigenvalue weighted by Gasteiger charge is 2.24. The molecule has 0 fully saturated rings. The van der Waals surface area contributed by atoms with E-state index >= 15 is 0 Å². The lowest BCUT2D eigenvalue weighted by Crippen LogP contribution is -2.33. The van der Waals surface area contributed by atoms with Gasteiger partial charge in [0.05, 0.1) is 25.9 Å². The highest BCUT2D eigenvalue weighted by Crippen LogP contribution is 2.37. The van der Waals surface area contributed by atoms with Crippen molar-refractivity contribution < 1.29 is 28.5 Å². The number of methoxy groups -OCH3 is 1. The second-order valence-corrected chi connectivity index (χ2v) is 7.71. The number of rotatable bonds is 9. The number of hydrogen-bond donors (Lipinski definition) is 0. The Kier molecular flexibility index (Phi) is 7.60. The molecule has 1 aliphatic heterocycles. The number of fused-ring (bicyclic) bond motifs is 1. The SMILES string of the molecule is CCOCC1COc2ccc(C(OCc3cccc(C(=O)OC)c3)c3ccccc3)cc2O1. The smallest absolute Gasteiger partial charge is 0.337 e. The molecule has 2 atom stereocenters. The second kappa shape index (κ2) is 11.0. The summed E-state index contributed by atoms with van der Waals surface area (Å²) >= 11 is 0. The van der Waals surface area contributed by atoms with E-state index in [0.717, 1.165) is 16.7 Å². The molecule has 0 bridgehead atoms. The van der Waals surface area contributed by atoms with Crippen LogP contribution in [0.25, 0.3) is 0 Å². The number of esters is 1. The third kappa shape index (κ3) is 5.72. The highest BCUT2D eigenvalue weighted by molar-refractivity contribution is 5.89. The molecule has 6 nitrogen and oxygen atoms in total. The molecule has 3 aromatic rings. The van der Waals surface area contributed by atoms with Crippen molar-refractivity contribution in [2.24, 2.45) is 0 Å². The third-order valence-electron chi connectivity index (χ3n) is 5.36. The summed E-state index contributed by atoms with van der Waals surface area (Å²) in [7, 11) is 1.37. The van der Waals surface area contributed by atoms with Crippen molar-refractivity contribution in [2.75, 3.05) is 26.9 Å². The van der Waals surface area contributed by atoms with Gasteiger partial charge in [0, 0.05) is 6.61 Å². The van der Waals surface area contributed by atoms with Crippen LogP contribution in [0.1, 0.15) is 40.1 Å². The zero-order valence-electron chi connectivity index (χ0n) is 18.9. The molecule has 0 amide bonds. The van der Waals surface area contributed by atoms with E-state index in [4.69, 9.17) is 23.7 Å². The summed E-state index contributed by atoms with van der Waals surface area (Å²) in [6.07, 6.45) is -0.473. The molecule has 4 rings (SSSR count). The minimum Gasteiger partial charge on any atom is -0.486 e. The molecule has 33 heavy (non-hydrogen) atoms. The van der Waals surface area contributed by atoms with E-state index in [2.05, 4.69) is 0 Å². The molecule has 6 heteroatoms. The summed E-state index contributed by atoms with van der Waals surface area (Å²) in [5.74, 6) is 1.02. The summed E-state index contributed by atoms with van der Waals surface area (Å²) < 4.78 is 28.7. The number of carbonyl (C=O) groups is 1. The van der Waals surface area contributed by atoms with Gasteiger partial charge in [0.2, 0.25) is 0 Å². The van der Waals surface area contributed by atoms with Gasteiger partial charge in [0.25, 0.3) is 0 Å². The first-order valence-electron chi connectivity index (χ1n) is 11.0. The molecular formula is C27H28O6. The predicted molar refractivity (Wildman–Crippen MR) is 124 cm³/mol. The quantitative estimate of drug-likeness (QED) is 0.432. The van der Waals surface area contributed by atoms with Gasteiger partial charge in [-0.25, -0.2) is 4.79 Å². The largest absolute Gasteiger partial charge is 0.486 e. The maximum atomic E-state index is 11.9. The van der Waals surface area contributed by atoms with E-state index in [1.165, 1.54) is 7.11 Å². The van der Waals surface area contributed by atoms with Crippen LogP contribution in [0.4, 0.5) is 0 Å². The standard InChI is InChI=1S/C27H28O6/c1-3-30-17-23-18-31-24-13-12-21(15-25(24)33-23)26(20-9-5-4-6-10-20)32-16-19-8-7-11-22(14-19)27(28)29-2/h4-15,23,26H,3,16-18H2,1-2H3. The lowest BCUT2D eigenvalue weighted by atomic mass is 10.0. The van der Waals surface area contributed by atoms with Crippen molar-refractivity contribution in [3.05, 3.63) is 95.1 Å². The van der Waals surface area contributed by atoms with E-state index in [-0.39, 0.29) is 18.2 Å². The fraction of sp³-hybridized carbons (Fsp3) is 0.296. The van der Waals surface area contributed by atoms with Crippen LogP contribution >= 0.6 is 0 Å². The number of hydrogen-bond acceptors (Lipinski definition) is 6. The van der Waals surface area contributed by atoms with Crippen molar-refractivity contribution in [3.8, 4) is 11.5 Å². The Bertz CT molecular complexity index is 1070. The number of carbonyl (C=O) groups excluding carboxylic acids is 1. The Morgan fingerprint density at radius 3 is 2.64 bits per heavy atom. The Morgan fingerprint density at radius 1 is 1.00 bits per heavy atom. The van der Waals surface area contributed by atoms with Gasteiger partial charge in [-0.05, 0) is 47.9 Å². The average Bonchev–Trinajstić information content (AvgIpc) is 2.87. The van der Waals surface area contributed by atoms with Crippen LogP contribution in [-0.4, -0.2) is 39.0 Å². The molecular weight excluding hydrogens is 420 g/mol. The molecule has 0 spiro atoms. The van der Waals surface area contributed by atoms with Crippen molar-refractivity contribution in [1.82, 2.24) is 0 Å². The van der Waals surface area contributed by atoms with Crippen molar-refractivity contribution in [1.29, 1.82) is 0 Å². The van der Waals surface area contributed by atoms with Gasteiger partial charge in [-0.15, -0.1) is 0 Å². The van der Waals surface area contributed by atoms with E-state index in [9.17, 15) is 4.79 Å². The van der Waals surface area contributed by atoms with Crippen molar-refractivity contribution >= 4 is 5.97 Å². The van der Waals surface area contributed by atoms with Crippen LogP contribution in [-0.2, 0) is 20.8 Å². The molecule has 1 aliphatic rings. The molecule has 0 radical (unpaired) electrons. The summed E-state index contributed by atoms with van der Waals surface area (Å²) in [6, 6.07) is 23.2. The van der Waals surface area contributed by atoms with Crippen molar-refractivity contribution in [3.63, 3.8) is 0 Å². The van der Waals surface area contributed by atoms with Crippen LogP contribution in [0.2, 0.25) is 0 Å². The highest BCUT2D eigenvalue weighted by atomic mass is 16.6. The monoisotopic (exact) mass is 448 g/mol. The molecule has 0 saturated heterocycles. The van der Waals surface area contributed by atoms with E-state index < -0.39 is 0 Å². The summed E-state index contributed by atoms with van der Waals surface area (Å²) in [5.41, 5.74) is 3.34. The fourth-order valence-electron chi connectivity index (χ4n) is 3.73. The summed E-state index contributed by atoms with van der Waals surface area (Å²) in [4.78, 5) is 11.9. The minimum atomic E-state index is -0.370. The maximum absolute atomic E-state index is 11.9.